The SMILES string of the molecule is CC[C@@H](N)c1cc(F)ccc1C. The van der Waals surface area contributed by atoms with Crippen LogP contribution in [0.25, 0.3) is 0 Å². The Kier molecular flexibility index (Phi) is 2.82. The number of benzene rings is 1. The summed E-state index contributed by atoms with van der Waals surface area (Å²) in [6.07, 6.45) is 0.838. The molecule has 0 saturated carbocycles. The maximum absolute atomic E-state index is 12.8. The normalized spacial score (nSPS) is 13.0. The zero-order valence-electron chi connectivity index (χ0n) is 7.47. The molecule has 1 aromatic carbocycles. The number of halogens is 1. The van der Waals surface area contributed by atoms with Crippen molar-refractivity contribution in [3.05, 3.63) is 35.1 Å². The van der Waals surface area contributed by atoms with E-state index in [4.69, 9.17) is 5.73 Å². The van der Waals surface area contributed by atoms with Crippen molar-refractivity contribution < 1.29 is 4.39 Å². The maximum Gasteiger partial charge on any atom is 0.123 e. The molecule has 0 radical (unpaired) electrons. The molecule has 0 aliphatic rings. The van der Waals surface area contributed by atoms with E-state index in [1.807, 2.05) is 13.8 Å². The highest BCUT2D eigenvalue weighted by Crippen LogP contribution is 2.18. The van der Waals surface area contributed by atoms with Crippen molar-refractivity contribution in [2.45, 2.75) is 26.3 Å². The van der Waals surface area contributed by atoms with E-state index in [0.29, 0.717) is 0 Å². The van der Waals surface area contributed by atoms with Crippen molar-refractivity contribution in [3.63, 3.8) is 0 Å². The van der Waals surface area contributed by atoms with E-state index < -0.39 is 0 Å². The molecular weight excluding hydrogens is 153 g/mol. The number of hydrogen-bond acceptors (Lipinski definition) is 1. The maximum atomic E-state index is 12.8. The summed E-state index contributed by atoms with van der Waals surface area (Å²) in [7, 11) is 0. The lowest BCUT2D eigenvalue weighted by atomic mass is 10.0. The fraction of sp³-hybridized carbons (Fsp3) is 0.400. The zero-order chi connectivity index (χ0) is 9.14. The molecular formula is C10H14FN. The number of aryl methyl sites for hydroxylation is 1. The Morgan fingerprint density at radius 3 is 2.75 bits per heavy atom. The molecule has 0 amide bonds. The van der Waals surface area contributed by atoms with Gasteiger partial charge in [0.1, 0.15) is 5.82 Å². The van der Waals surface area contributed by atoms with E-state index in [9.17, 15) is 4.39 Å². The van der Waals surface area contributed by atoms with E-state index in [0.717, 1.165) is 17.5 Å². The highest BCUT2D eigenvalue weighted by atomic mass is 19.1. The minimum Gasteiger partial charge on any atom is -0.324 e. The number of nitrogens with two attached hydrogens (primary N) is 1. The van der Waals surface area contributed by atoms with Crippen LogP contribution in [0.5, 0.6) is 0 Å². The molecule has 0 spiro atoms. The third-order valence-electron chi connectivity index (χ3n) is 2.08. The van der Waals surface area contributed by atoms with Crippen LogP contribution in [0.2, 0.25) is 0 Å². The lowest BCUT2D eigenvalue weighted by Crippen LogP contribution is -2.10. The fourth-order valence-electron chi connectivity index (χ4n) is 1.23. The van der Waals surface area contributed by atoms with Crippen LogP contribution in [0.3, 0.4) is 0 Å². The third-order valence-corrected chi connectivity index (χ3v) is 2.08. The topological polar surface area (TPSA) is 26.0 Å². The molecule has 0 unspecified atom stereocenters. The molecule has 1 rings (SSSR count). The van der Waals surface area contributed by atoms with Gasteiger partial charge in [0.2, 0.25) is 0 Å². The van der Waals surface area contributed by atoms with Crippen molar-refractivity contribution in [2.24, 2.45) is 5.73 Å². The first kappa shape index (κ1) is 9.20. The van der Waals surface area contributed by atoms with E-state index in [-0.39, 0.29) is 11.9 Å². The molecule has 0 saturated heterocycles. The molecule has 1 nitrogen and oxygen atoms in total. The van der Waals surface area contributed by atoms with Gasteiger partial charge in [0.15, 0.2) is 0 Å². The van der Waals surface area contributed by atoms with Crippen molar-refractivity contribution in [1.82, 2.24) is 0 Å². The molecule has 12 heavy (non-hydrogen) atoms. The second-order valence-corrected chi connectivity index (χ2v) is 3.02. The van der Waals surface area contributed by atoms with Crippen LogP contribution < -0.4 is 5.73 Å². The Labute approximate surface area is 72.4 Å². The summed E-state index contributed by atoms with van der Waals surface area (Å²) >= 11 is 0. The summed E-state index contributed by atoms with van der Waals surface area (Å²) in [5, 5.41) is 0. The van der Waals surface area contributed by atoms with Crippen molar-refractivity contribution >= 4 is 0 Å². The van der Waals surface area contributed by atoms with E-state index in [1.165, 1.54) is 12.1 Å². The number of rotatable bonds is 2. The first-order valence-electron chi connectivity index (χ1n) is 4.16. The molecule has 0 fully saturated rings. The largest absolute Gasteiger partial charge is 0.324 e. The van der Waals surface area contributed by atoms with Crippen molar-refractivity contribution in [2.75, 3.05) is 0 Å². The minimum absolute atomic E-state index is 0.0410. The molecule has 2 N–H and O–H groups in total. The first-order chi connectivity index (χ1) is 5.65. The first-order valence-corrected chi connectivity index (χ1v) is 4.16. The molecule has 1 aromatic rings. The average molecular weight is 167 g/mol. The van der Waals surface area contributed by atoms with Gasteiger partial charge < -0.3 is 5.73 Å². The Balaban J connectivity index is 3.04. The standard InChI is InChI=1S/C10H14FN/c1-3-10(12)9-6-8(11)5-4-7(9)2/h4-6,10H,3,12H2,1-2H3/t10-/m1/s1. The summed E-state index contributed by atoms with van der Waals surface area (Å²) in [6, 6.07) is 4.70. The van der Waals surface area contributed by atoms with Gasteiger partial charge in [-0.1, -0.05) is 13.0 Å². The smallest absolute Gasteiger partial charge is 0.123 e. The summed E-state index contributed by atoms with van der Waals surface area (Å²) in [4.78, 5) is 0. The Morgan fingerprint density at radius 1 is 1.50 bits per heavy atom. The molecule has 0 heterocycles. The molecule has 2 heteroatoms. The van der Waals surface area contributed by atoms with E-state index in [1.54, 1.807) is 6.07 Å². The summed E-state index contributed by atoms with van der Waals surface area (Å²) in [5.74, 6) is -0.209. The second kappa shape index (κ2) is 3.68. The molecule has 0 aromatic heterocycles. The predicted octanol–water partition coefficient (Wildman–Crippen LogP) is 2.54. The van der Waals surface area contributed by atoms with Gasteiger partial charge >= 0.3 is 0 Å². The average Bonchev–Trinajstić information content (AvgIpc) is 2.08. The van der Waals surface area contributed by atoms with Crippen LogP contribution >= 0.6 is 0 Å². The van der Waals surface area contributed by atoms with Gasteiger partial charge in [0.25, 0.3) is 0 Å². The van der Waals surface area contributed by atoms with E-state index >= 15 is 0 Å². The van der Waals surface area contributed by atoms with Crippen LogP contribution in [0.1, 0.15) is 30.5 Å². The molecule has 1 atom stereocenters. The monoisotopic (exact) mass is 167 g/mol. The van der Waals surface area contributed by atoms with Gasteiger partial charge in [-0.3, -0.25) is 0 Å². The summed E-state index contributed by atoms with van der Waals surface area (Å²) < 4.78 is 12.8. The molecule has 0 bridgehead atoms. The molecule has 0 aliphatic carbocycles. The Morgan fingerprint density at radius 2 is 2.17 bits per heavy atom. The van der Waals surface area contributed by atoms with Gasteiger partial charge in [-0.05, 0) is 36.6 Å². The Hall–Kier alpha value is -0.890. The zero-order valence-corrected chi connectivity index (χ0v) is 7.47. The van der Waals surface area contributed by atoms with Gasteiger partial charge in [0.05, 0.1) is 0 Å². The quantitative estimate of drug-likeness (QED) is 0.719. The van der Waals surface area contributed by atoms with Gasteiger partial charge in [-0.15, -0.1) is 0 Å². The van der Waals surface area contributed by atoms with Crippen LogP contribution in [-0.4, -0.2) is 0 Å². The lowest BCUT2D eigenvalue weighted by molar-refractivity contribution is 0.615. The highest BCUT2D eigenvalue weighted by Gasteiger charge is 2.06. The number of hydrogen-bond donors (Lipinski definition) is 1. The summed E-state index contributed by atoms with van der Waals surface area (Å²) in [6.45, 7) is 3.94. The highest BCUT2D eigenvalue weighted by molar-refractivity contribution is 5.29. The minimum atomic E-state index is -0.209. The second-order valence-electron chi connectivity index (χ2n) is 3.02. The predicted molar refractivity (Wildman–Crippen MR) is 48.4 cm³/mol. The van der Waals surface area contributed by atoms with Crippen LogP contribution in [0.15, 0.2) is 18.2 Å². The Bertz CT molecular complexity index is 271. The molecule has 0 aliphatic heterocycles. The van der Waals surface area contributed by atoms with Crippen LogP contribution in [0.4, 0.5) is 4.39 Å². The van der Waals surface area contributed by atoms with E-state index in [2.05, 4.69) is 0 Å². The summed E-state index contributed by atoms with van der Waals surface area (Å²) in [5.41, 5.74) is 7.77. The van der Waals surface area contributed by atoms with Gasteiger partial charge in [0, 0.05) is 6.04 Å². The van der Waals surface area contributed by atoms with Crippen molar-refractivity contribution in [3.8, 4) is 0 Å². The van der Waals surface area contributed by atoms with Gasteiger partial charge in [-0.25, -0.2) is 4.39 Å². The fourth-order valence-corrected chi connectivity index (χ4v) is 1.23. The van der Waals surface area contributed by atoms with Crippen molar-refractivity contribution in [1.29, 1.82) is 0 Å². The van der Waals surface area contributed by atoms with Crippen LogP contribution in [0, 0.1) is 12.7 Å². The third kappa shape index (κ3) is 1.83. The lowest BCUT2D eigenvalue weighted by Gasteiger charge is -2.11. The van der Waals surface area contributed by atoms with Crippen LogP contribution in [-0.2, 0) is 0 Å². The molecule has 66 valence electrons. The van der Waals surface area contributed by atoms with Gasteiger partial charge in [-0.2, -0.15) is 0 Å².